The van der Waals surface area contributed by atoms with E-state index in [1.807, 2.05) is 45.0 Å². The number of hydrogen-bond acceptors (Lipinski definition) is 7. The molecule has 0 N–H and O–H groups in total. The van der Waals surface area contributed by atoms with Gasteiger partial charge in [0.05, 0.1) is 0 Å². The van der Waals surface area contributed by atoms with Gasteiger partial charge in [0, 0.05) is 56.9 Å². The number of rotatable bonds is 5. The normalized spacial score (nSPS) is 16.1. The molecule has 2 aromatic heterocycles. The van der Waals surface area contributed by atoms with Gasteiger partial charge < -0.3 is 9.80 Å². The molecule has 26 heavy (non-hydrogen) atoms. The van der Waals surface area contributed by atoms with Crippen molar-refractivity contribution in [1.82, 2.24) is 14.3 Å². The molecule has 2 aromatic rings. The Morgan fingerprint density at radius 2 is 1.85 bits per heavy atom. The van der Waals surface area contributed by atoms with Crippen molar-refractivity contribution < 1.29 is 8.42 Å². The monoisotopic (exact) mass is 395 g/mol. The van der Waals surface area contributed by atoms with Gasteiger partial charge in [-0.05, 0) is 25.5 Å². The van der Waals surface area contributed by atoms with Crippen molar-refractivity contribution in [1.29, 1.82) is 0 Å². The minimum absolute atomic E-state index is 0.435. The predicted octanol–water partition coefficient (Wildman–Crippen LogP) is 1.99. The largest absolute Gasteiger partial charge is 0.363 e. The quantitative estimate of drug-likeness (QED) is 0.771. The zero-order valence-corrected chi connectivity index (χ0v) is 17.3. The first-order valence-corrected chi connectivity index (χ1v) is 10.9. The van der Waals surface area contributed by atoms with E-state index < -0.39 is 10.0 Å². The number of piperazine rings is 1. The summed E-state index contributed by atoms with van der Waals surface area (Å²) < 4.78 is 27.7. The Balaban J connectivity index is 1.73. The summed E-state index contributed by atoms with van der Waals surface area (Å²) >= 11 is 1.36. The van der Waals surface area contributed by atoms with Crippen LogP contribution in [-0.4, -0.2) is 63.0 Å². The third kappa shape index (κ3) is 3.84. The molecule has 1 aliphatic heterocycles. The summed E-state index contributed by atoms with van der Waals surface area (Å²) in [5.74, 6) is 1.52. The molecule has 0 radical (unpaired) electrons. The van der Waals surface area contributed by atoms with Gasteiger partial charge in [-0.25, -0.2) is 13.4 Å². The van der Waals surface area contributed by atoms with E-state index in [2.05, 4.69) is 14.9 Å². The summed E-state index contributed by atoms with van der Waals surface area (Å²) in [6.07, 6.45) is 0.854. The maximum absolute atomic E-state index is 12.8. The van der Waals surface area contributed by atoms with Crippen LogP contribution in [0.5, 0.6) is 0 Å². The molecule has 7 nitrogen and oxygen atoms in total. The van der Waals surface area contributed by atoms with Gasteiger partial charge in [-0.15, -0.1) is 11.3 Å². The van der Waals surface area contributed by atoms with Crippen molar-refractivity contribution in [3.63, 3.8) is 0 Å². The molecule has 1 fully saturated rings. The highest BCUT2D eigenvalue weighted by Crippen LogP contribution is 2.26. The van der Waals surface area contributed by atoms with Crippen LogP contribution in [0, 0.1) is 6.92 Å². The molecule has 0 spiro atoms. The molecule has 0 atom stereocenters. The lowest BCUT2D eigenvalue weighted by atomic mass is 10.3. The van der Waals surface area contributed by atoms with E-state index in [9.17, 15) is 8.42 Å². The van der Waals surface area contributed by atoms with Gasteiger partial charge in [-0.1, -0.05) is 6.92 Å². The summed E-state index contributed by atoms with van der Waals surface area (Å²) in [5, 5.41) is 0. The maximum Gasteiger partial charge on any atom is 0.252 e. The van der Waals surface area contributed by atoms with Gasteiger partial charge >= 0.3 is 0 Å². The second kappa shape index (κ2) is 7.50. The van der Waals surface area contributed by atoms with E-state index in [-0.39, 0.29) is 0 Å². The van der Waals surface area contributed by atoms with Crippen LogP contribution >= 0.6 is 11.3 Å². The molecular weight excluding hydrogens is 370 g/mol. The molecule has 1 aliphatic rings. The first kappa shape index (κ1) is 19.1. The fourth-order valence-electron chi connectivity index (χ4n) is 2.85. The van der Waals surface area contributed by atoms with Crippen molar-refractivity contribution in [3.8, 4) is 0 Å². The number of hydrogen-bond donors (Lipinski definition) is 0. The maximum atomic E-state index is 12.8. The highest BCUT2D eigenvalue weighted by molar-refractivity contribution is 7.91. The molecule has 0 saturated carbocycles. The van der Waals surface area contributed by atoms with E-state index in [0.717, 1.165) is 22.8 Å². The molecule has 0 aliphatic carbocycles. The summed E-state index contributed by atoms with van der Waals surface area (Å²) in [6.45, 7) is 6.03. The third-order valence-corrected chi connectivity index (χ3v) is 7.98. The Morgan fingerprint density at radius 1 is 1.15 bits per heavy atom. The van der Waals surface area contributed by atoms with Crippen molar-refractivity contribution in [2.45, 2.75) is 24.5 Å². The van der Waals surface area contributed by atoms with E-state index in [1.54, 1.807) is 10.4 Å². The van der Waals surface area contributed by atoms with Crippen LogP contribution in [-0.2, 0) is 16.4 Å². The van der Waals surface area contributed by atoms with Gasteiger partial charge in [0.2, 0.25) is 5.95 Å². The summed E-state index contributed by atoms with van der Waals surface area (Å²) in [4.78, 5) is 14.2. The molecule has 0 bridgehead atoms. The summed E-state index contributed by atoms with van der Waals surface area (Å²) in [6, 6.07) is 5.56. The molecule has 0 unspecified atom stereocenters. The number of aryl methyl sites for hydroxylation is 2. The van der Waals surface area contributed by atoms with Crippen LogP contribution in [0.25, 0.3) is 0 Å². The number of anilines is 2. The summed E-state index contributed by atoms with van der Waals surface area (Å²) in [7, 11) is 0.482. The van der Waals surface area contributed by atoms with Gasteiger partial charge in [0.25, 0.3) is 10.0 Å². The molecule has 0 aromatic carbocycles. The van der Waals surface area contributed by atoms with Gasteiger partial charge in [0.1, 0.15) is 10.0 Å². The van der Waals surface area contributed by atoms with Crippen molar-refractivity contribution in [3.05, 3.63) is 28.8 Å². The average Bonchev–Trinajstić information content (AvgIpc) is 3.11. The zero-order valence-electron chi connectivity index (χ0n) is 15.6. The van der Waals surface area contributed by atoms with E-state index in [0.29, 0.717) is 36.3 Å². The van der Waals surface area contributed by atoms with Crippen LogP contribution in [0.3, 0.4) is 0 Å². The highest BCUT2D eigenvalue weighted by Gasteiger charge is 2.30. The van der Waals surface area contributed by atoms with Crippen molar-refractivity contribution in [2.24, 2.45) is 0 Å². The van der Waals surface area contributed by atoms with Gasteiger partial charge in [-0.2, -0.15) is 9.29 Å². The molecule has 142 valence electrons. The lowest BCUT2D eigenvalue weighted by Crippen LogP contribution is -2.49. The Kier molecular flexibility index (Phi) is 5.50. The minimum Gasteiger partial charge on any atom is -0.363 e. The predicted molar refractivity (Wildman–Crippen MR) is 106 cm³/mol. The van der Waals surface area contributed by atoms with Crippen LogP contribution in [0.15, 0.2) is 22.4 Å². The number of thiophene rings is 1. The fourth-order valence-corrected chi connectivity index (χ4v) is 5.72. The second-order valence-corrected chi connectivity index (χ2v) is 9.86. The first-order chi connectivity index (χ1) is 12.3. The lowest BCUT2D eigenvalue weighted by Gasteiger charge is -2.34. The molecule has 3 heterocycles. The van der Waals surface area contributed by atoms with Gasteiger partial charge in [0.15, 0.2) is 0 Å². The molecule has 9 heteroatoms. The Labute approximate surface area is 159 Å². The highest BCUT2D eigenvalue weighted by atomic mass is 32.2. The van der Waals surface area contributed by atoms with Crippen LogP contribution in [0.2, 0.25) is 0 Å². The van der Waals surface area contributed by atoms with Crippen LogP contribution in [0.1, 0.15) is 17.5 Å². The smallest absolute Gasteiger partial charge is 0.252 e. The number of aromatic nitrogens is 2. The Bertz CT molecular complexity index is 871. The van der Waals surface area contributed by atoms with Gasteiger partial charge in [-0.3, -0.25) is 0 Å². The van der Waals surface area contributed by atoms with Crippen molar-refractivity contribution in [2.75, 3.05) is 50.1 Å². The average molecular weight is 396 g/mol. The van der Waals surface area contributed by atoms with Crippen LogP contribution < -0.4 is 9.80 Å². The number of nitrogens with zero attached hydrogens (tertiary/aromatic N) is 5. The SMILES string of the molecule is CCc1ccc(S(=O)(=O)N2CCN(c3nc(C)cc(N(C)C)n3)CC2)s1. The topological polar surface area (TPSA) is 69.6 Å². The zero-order chi connectivity index (χ0) is 18.9. The minimum atomic E-state index is -3.41. The standard InChI is InChI=1S/C17H25N5O2S2/c1-5-14-6-7-16(25-14)26(23,24)22-10-8-21(9-11-22)17-18-13(2)12-15(19-17)20(3)4/h6-7,12H,5,8-11H2,1-4H3. The Hall–Kier alpha value is -1.71. The number of sulfonamides is 1. The fraction of sp³-hybridized carbons (Fsp3) is 0.529. The van der Waals surface area contributed by atoms with Crippen LogP contribution in [0.4, 0.5) is 11.8 Å². The summed E-state index contributed by atoms with van der Waals surface area (Å²) in [5.41, 5.74) is 0.902. The lowest BCUT2D eigenvalue weighted by molar-refractivity contribution is 0.383. The molecular formula is C17H25N5O2S2. The molecule has 0 amide bonds. The second-order valence-electron chi connectivity index (χ2n) is 6.53. The van der Waals surface area contributed by atoms with E-state index in [4.69, 9.17) is 0 Å². The molecule has 3 rings (SSSR count). The first-order valence-electron chi connectivity index (χ1n) is 8.68. The Morgan fingerprint density at radius 3 is 2.42 bits per heavy atom. The molecule has 1 saturated heterocycles. The van der Waals surface area contributed by atoms with E-state index in [1.165, 1.54) is 11.3 Å². The van der Waals surface area contributed by atoms with E-state index >= 15 is 0 Å². The third-order valence-electron chi connectivity index (χ3n) is 4.39. The van der Waals surface area contributed by atoms with Crippen molar-refractivity contribution >= 4 is 33.1 Å².